The van der Waals surface area contributed by atoms with Gasteiger partial charge in [0.15, 0.2) is 0 Å². The number of rotatable bonds is 24. The second-order valence-electron chi connectivity index (χ2n) is 45.4. The Morgan fingerprint density at radius 2 is 0.625 bits per heavy atom. The van der Waals surface area contributed by atoms with Crippen LogP contribution in [0.4, 0.5) is 41.9 Å². The molecule has 21 rings (SSSR count). The number of primary amides is 1. The van der Waals surface area contributed by atoms with Crippen LogP contribution in [0.15, 0.2) is 207 Å². The maximum Gasteiger partial charge on any atom is 0.325 e. The predicted molar refractivity (Wildman–Crippen MR) is 555 cm³/mol. The summed E-state index contributed by atoms with van der Waals surface area (Å²) in [5, 5.41) is 76.2. The Labute approximate surface area is 848 Å². The van der Waals surface area contributed by atoms with Gasteiger partial charge in [-0.15, -0.1) is 0 Å². The van der Waals surface area contributed by atoms with Crippen molar-refractivity contribution in [3.8, 4) is 12.1 Å². The molecule has 0 bridgehead atoms. The molecule has 0 radical (unpaired) electrons. The fourth-order valence-corrected chi connectivity index (χ4v) is 26.3. The van der Waals surface area contributed by atoms with Crippen molar-refractivity contribution in [3.63, 3.8) is 0 Å². The Morgan fingerprint density at radius 3 is 0.896 bits per heavy atom. The third kappa shape index (κ3) is 19.4. The number of hydrogen-bond acceptors (Lipinski definition) is 19. The molecular weight excluding hydrogens is 1810 g/mol. The maximum absolute atomic E-state index is 14.0. The van der Waals surface area contributed by atoms with Crippen molar-refractivity contribution < 1.29 is 54.3 Å². The number of nitrogens with two attached hydrogens (primary N) is 1. The molecule has 8 aromatic rings. The van der Waals surface area contributed by atoms with Crippen LogP contribution in [-0.4, -0.2) is 276 Å². The van der Waals surface area contributed by atoms with Crippen LogP contribution >= 0.6 is 0 Å². The highest BCUT2D eigenvalue weighted by Gasteiger charge is 2.63. The molecule has 13 fully saturated rings. The average molecular weight is 1960 g/mol. The topological polar surface area (TPSA) is 354 Å². The first kappa shape index (κ1) is 102. The molecule has 10 amide bonds. The molecule has 0 atom stereocenters. The molecule has 29 nitrogen and oxygen atoms in total. The first-order chi connectivity index (χ1) is 68.9. The summed E-state index contributed by atoms with van der Waals surface area (Å²) in [4.78, 5) is 113. The van der Waals surface area contributed by atoms with Crippen molar-refractivity contribution in [1.82, 2.24) is 54.5 Å². The van der Waals surface area contributed by atoms with Gasteiger partial charge < -0.3 is 56.2 Å². The van der Waals surface area contributed by atoms with Crippen LogP contribution in [0, 0.1) is 22.7 Å². The Morgan fingerprint density at radius 1 is 0.340 bits per heavy atom. The zero-order valence-electron chi connectivity index (χ0n) is 85.3. The van der Waals surface area contributed by atoms with E-state index in [1.54, 1.807) is 81.7 Å². The molecule has 6 aromatic carbocycles. The highest BCUT2D eigenvalue weighted by Crippen LogP contribution is 2.57. The molecule has 6 heterocycles. The van der Waals surface area contributed by atoms with Crippen molar-refractivity contribution in [2.75, 3.05) is 135 Å². The van der Waals surface area contributed by atoms with Gasteiger partial charge in [-0.2, -0.15) is 10.5 Å². The molecule has 762 valence electrons. The van der Waals surface area contributed by atoms with Gasteiger partial charge >= 0.3 is 24.1 Å². The number of pyridine rings is 2. The molecule has 9 aliphatic carbocycles. The normalized spacial score (nSPS) is 28.2. The molecule has 13 aliphatic rings. The van der Waals surface area contributed by atoms with Gasteiger partial charge in [-0.05, 0) is 338 Å². The van der Waals surface area contributed by atoms with E-state index in [1.807, 2.05) is 54.8 Å². The number of nitrogens with zero attached hydrogens (tertiary/aromatic N) is 16. The summed E-state index contributed by atoms with van der Waals surface area (Å²) in [6.45, 7) is 3.94. The number of urea groups is 4. The van der Waals surface area contributed by atoms with Crippen LogP contribution in [0.5, 0.6) is 0 Å². The summed E-state index contributed by atoms with van der Waals surface area (Å²) in [6.07, 6.45) is 29.7. The highest BCUT2D eigenvalue weighted by molar-refractivity contribution is 6.00. The maximum atomic E-state index is 14.0. The summed E-state index contributed by atoms with van der Waals surface area (Å²) in [6, 6.07) is 67.8. The van der Waals surface area contributed by atoms with E-state index in [4.69, 9.17) is 11.0 Å². The monoisotopic (exact) mass is 1960 g/mol. The van der Waals surface area contributed by atoms with Gasteiger partial charge in [-0.1, -0.05) is 133 Å². The number of β-amino-alcohol motifs (C(OH)–C–C–N with tert-alkyl or cyclic N) is 4. The minimum atomic E-state index is -0.821. The molecule has 29 heteroatoms. The molecule has 4 spiro atoms. The molecule has 2 aromatic heterocycles. The van der Waals surface area contributed by atoms with E-state index in [0.717, 1.165) is 192 Å². The van der Waals surface area contributed by atoms with E-state index >= 15 is 0 Å². The first-order valence-corrected chi connectivity index (χ1v) is 52.3. The lowest BCUT2D eigenvalue weighted by molar-refractivity contribution is -0.0726. The minimum Gasteiger partial charge on any atom is -0.388 e. The number of carbonyl (C=O) groups excluding carboxylic acids is 6. The predicted octanol–water partition coefficient (Wildman–Crippen LogP) is 15.7. The Bertz CT molecular complexity index is 5990. The van der Waals surface area contributed by atoms with Crippen molar-refractivity contribution in [2.45, 2.75) is 271 Å². The van der Waals surface area contributed by atoms with Gasteiger partial charge in [0, 0.05) is 40.0 Å². The number of nitrogens with one attached hydrogen (secondary N) is 1. The van der Waals surface area contributed by atoms with Crippen molar-refractivity contribution in [3.05, 3.63) is 251 Å². The fourth-order valence-electron chi connectivity index (χ4n) is 26.3. The third-order valence-corrected chi connectivity index (χ3v) is 36.7. The zero-order valence-corrected chi connectivity index (χ0v) is 85.3. The molecule has 8 N–H and O–H groups in total. The van der Waals surface area contributed by atoms with Gasteiger partial charge in [0.05, 0.1) is 138 Å². The number of amides is 10. The number of carbonyl (C=O) groups is 6. The Kier molecular flexibility index (Phi) is 28.6. The number of aliphatic hydroxyl groups is 5. The summed E-state index contributed by atoms with van der Waals surface area (Å²) in [5.41, 5.74) is 9.26. The summed E-state index contributed by atoms with van der Waals surface area (Å²) in [5.74, 6) is -0.814. The largest absolute Gasteiger partial charge is 0.388 e. The Hall–Kier alpha value is -11.7. The number of benzene rings is 6. The third-order valence-electron chi connectivity index (χ3n) is 36.7. The lowest BCUT2D eigenvalue weighted by atomic mass is 9.67. The molecule has 4 saturated heterocycles. The smallest absolute Gasteiger partial charge is 0.325 e. The van der Waals surface area contributed by atoms with Gasteiger partial charge in [-0.25, -0.2) is 29.1 Å². The van der Waals surface area contributed by atoms with Gasteiger partial charge in [-0.3, -0.25) is 48.8 Å². The summed E-state index contributed by atoms with van der Waals surface area (Å²) < 4.78 is 0. The lowest BCUT2D eigenvalue weighted by Crippen LogP contribution is -2.59. The van der Waals surface area contributed by atoms with E-state index in [0.29, 0.717) is 99.1 Å². The van der Waals surface area contributed by atoms with Crippen LogP contribution in [0.3, 0.4) is 0 Å². The van der Waals surface area contributed by atoms with Crippen molar-refractivity contribution >= 4 is 58.7 Å². The minimum absolute atomic E-state index is 0.0609. The van der Waals surface area contributed by atoms with E-state index in [-0.39, 0.29) is 86.6 Å². The number of nitriles is 2. The molecule has 144 heavy (non-hydrogen) atoms. The van der Waals surface area contributed by atoms with Crippen LogP contribution < -0.4 is 30.7 Å². The van der Waals surface area contributed by atoms with Crippen molar-refractivity contribution in [2.24, 2.45) is 5.73 Å². The first-order valence-electron chi connectivity index (χ1n) is 52.3. The summed E-state index contributed by atoms with van der Waals surface area (Å²) >= 11 is 0. The van der Waals surface area contributed by atoms with Crippen molar-refractivity contribution in [1.29, 1.82) is 10.5 Å². The Balaban J connectivity index is 0.000000127. The molecule has 4 aliphatic heterocycles. The van der Waals surface area contributed by atoms with Crippen LogP contribution in [0.1, 0.15) is 253 Å². The van der Waals surface area contributed by atoms with Crippen LogP contribution in [0.25, 0.3) is 0 Å². The van der Waals surface area contributed by atoms with Crippen LogP contribution in [-0.2, 0) is 22.2 Å². The lowest BCUT2D eigenvalue weighted by Gasteiger charge is -2.52. The number of hydrogen-bond donors (Lipinski definition) is 7. The second kappa shape index (κ2) is 40.2. The quantitative estimate of drug-likeness (QED) is 0.0295. The van der Waals surface area contributed by atoms with E-state index in [1.165, 1.54) is 22.3 Å². The number of aromatic nitrogens is 2. The molecule has 0 unspecified atom stereocenters. The van der Waals surface area contributed by atoms with E-state index < -0.39 is 33.9 Å². The van der Waals surface area contributed by atoms with Crippen LogP contribution in [0.2, 0.25) is 0 Å². The molecule has 9 saturated carbocycles. The summed E-state index contributed by atoms with van der Waals surface area (Å²) in [7, 11) is 17.2. The average Bonchev–Trinajstić information content (AvgIpc) is 1.57. The zero-order chi connectivity index (χ0) is 102. The second-order valence-corrected chi connectivity index (χ2v) is 45.4. The van der Waals surface area contributed by atoms with E-state index in [9.17, 15) is 59.6 Å². The SMILES string of the molecule is CN(C)C1(c2ccccc2)CCC2(CC1)CN(c1ccc(C#N)nc1)C(=O)N2CC1(O)CCC1.CN(C)C1(c2ccccc2)CCC2(CC1)CN(c1ccc(C(=O)NCC3(O)CCC3)nc1)C(=O)N2CC1(O)CCC1.CN(C)C1(c2ccccc2)CCC2(CC1)CN(c1ccc(C(N)=O)cc1)C(=O)N2CC1(O)CCC1.CN(C)C1(c2ccccc2)CCC2(CC1)CN(c1ccccc1C#N)C(=O)N2CC1(O)CCC1. The van der Waals surface area contributed by atoms with Gasteiger partial charge in [0.1, 0.15) is 23.5 Å². The van der Waals surface area contributed by atoms with E-state index in [2.05, 4.69) is 213 Å². The standard InChI is InChI=1S/C32H43N5O4.C28H36N4O3.C28H34N4O2.C27H33N5O2/c1-35(2)32(24-8-4-3-5-9-24)18-16-29(17-19-32)22-36(28(39)37(29)23-31(41)14-7-15-31)25-10-11-26(33-20-25)27(38)34-21-30(40)12-6-13-30;1-30(2)28(22-7-4-3-5-8-22)17-15-26(16-18-28)19-31(23-11-9-21(10-12-23)24(29)33)25(34)32(26)20-27(35)13-6-14-27;1-30(2)28(23-10-4-3-5-11-23)17-15-26(16-18-28)20-31(24-12-7-6-9-22(24)19-29)25(33)32(26)21-27(34)13-8-14-27;1-30(2)27(21-7-4-3-5-8-21)15-13-25(14-16-27)19-31(23-10-9-22(17-28)29-18-23)24(33)32(25)20-26(34)11-6-12-26/h3-5,8-11,20,40-41H,6-7,12-19,21-23H2,1-2H3,(H,34,38);3-5,7-12,35H,6,13-20H2,1-2H3,(H2,29,33);3-7,9-12,34H,8,13-18,20-21H2,1-2H3;3-5,7-10,18,34H,6,11-16,19-20H2,1-2H3. The van der Waals surface area contributed by atoms with Gasteiger partial charge in [0.25, 0.3) is 5.91 Å². The number of anilines is 4. The van der Waals surface area contributed by atoms with Gasteiger partial charge in [0.2, 0.25) is 5.91 Å². The molecular formula is C115H146N18O11. The highest BCUT2D eigenvalue weighted by atomic mass is 16.3. The fraction of sp³-hybridized carbons (Fsp3) is 0.530. The number of para-hydroxylation sites is 1.